The van der Waals surface area contributed by atoms with Crippen molar-refractivity contribution in [2.75, 3.05) is 13.3 Å². The van der Waals surface area contributed by atoms with Gasteiger partial charge in [0.05, 0.1) is 6.04 Å². The van der Waals surface area contributed by atoms with Crippen LogP contribution < -0.4 is 5.73 Å². The molecule has 0 aromatic rings. The fourth-order valence-corrected chi connectivity index (χ4v) is 2.79. The van der Waals surface area contributed by atoms with E-state index in [1.807, 2.05) is 6.92 Å². The lowest BCUT2D eigenvalue weighted by atomic mass is 10.1. The van der Waals surface area contributed by atoms with Gasteiger partial charge in [0.25, 0.3) is 0 Å². The Morgan fingerprint density at radius 2 is 2.20 bits per heavy atom. The molecule has 0 amide bonds. The standard InChI is InChI=1S/C13H25N5OSi/c1-10(16-9-19-7-8-20(2,3)4)11-5-6-12(13(11)14)17-18-15/h12H,5-9,14H2,1-4H3. The predicted molar refractivity (Wildman–Crippen MR) is 85.5 cm³/mol. The Balaban J connectivity index is 2.47. The second-order valence-corrected chi connectivity index (χ2v) is 11.9. The quantitative estimate of drug-likeness (QED) is 0.194. The zero-order valence-electron chi connectivity index (χ0n) is 12.9. The van der Waals surface area contributed by atoms with Gasteiger partial charge in [0.15, 0.2) is 0 Å². The molecule has 0 bridgehead atoms. The van der Waals surface area contributed by atoms with Crippen LogP contribution >= 0.6 is 0 Å². The van der Waals surface area contributed by atoms with Crippen molar-refractivity contribution in [2.45, 2.75) is 51.5 Å². The summed E-state index contributed by atoms with van der Waals surface area (Å²) in [4.78, 5) is 7.23. The highest BCUT2D eigenvalue weighted by Crippen LogP contribution is 2.26. The van der Waals surface area contributed by atoms with E-state index in [1.54, 1.807) is 0 Å². The highest BCUT2D eigenvalue weighted by Gasteiger charge is 2.23. The number of ether oxygens (including phenoxy) is 1. The number of aliphatic imine (C=N–C) groups is 1. The minimum absolute atomic E-state index is 0.215. The van der Waals surface area contributed by atoms with Gasteiger partial charge in [-0.2, -0.15) is 0 Å². The van der Waals surface area contributed by atoms with Crippen LogP contribution in [0.3, 0.4) is 0 Å². The van der Waals surface area contributed by atoms with Gasteiger partial charge in [-0.1, -0.05) is 24.8 Å². The summed E-state index contributed by atoms with van der Waals surface area (Å²) in [6.07, 6.45) is 1.59. The largest absolute Gasteiger partial charge is 0.401 e. The van der Waals surface area contributed by atoms with Gasteiger partial charge in [-0.25, -0.2) is 0 Å². The zero-order chi connectivity index (χ0) is 15.2. The number of nitrogens with two attached hydrogens (primary N) is 1. The molecular formula is C13H25N5OSi. The summed E-state index contributed by atoms with van der Waals surface area (Å²) in [7, 11) is -1.04. The first-order valence-corrected chi connectivity index (χ1v) is 10.7. The fourth-order valence-electron chi connectivity index (χ4n) is 2.03. The average Bonchev–Trinajstić information content (AvgIpc) is 2.70. The van der Waals surface area contributed by atoms with E-state index in [2.05, 4.69) is 34.7 Å². The molecule has 1 aliphatic rings. The molecule has 0 aromatic heterocycles. The maximum absolute atomic E-state index is 8.47. The van der Waals surface area contributed by atoms with Crippen LogP contribution in [0.5, 0.6) is 0 Å². The fraction of sp³-hybridized carbons (Fsp3) is 0.769. The van der Waals surface area contributed by atoms with Gasteiger partial charge in [-0.3, -0.25) is 4.99 Å². The van der Waals surface area contributed by atoms with Gasteiger partial charge in [-0.15, -0.1) is 0 Å². The Labute approximate surface area is 121 Å². The maximum atomic E-state index is 8.47. The highest BCUT2D eigenvalue weighted by molar-refractivity contribution is 6.76. The van der Waals surface area contributed by atoms with Crippen LogP contribution in [-0.4, -0.2) is 33.2 Å². The number of rotatable bonds is 7. The van der Waals surface area contributed by atoms with E-state index in [0.29, 0.717) is 12.4 Å². The van der Waals surface area contributed by atoms with Gasteiger partial charge in [0.2, 0.25) is 0 Å². The molecule has 1 atom stereocenters. The number of hydrogen-bond donors (Lipinski definition) is 1. The van der Waals surface area contributed by atoms with Crippen molar-refractivity contribution in [3.63, 3.8) is 0 Å². The first-order chi connectivity index (χ1) is 9.35. The van der Waals surface area contributed by atoms with Gasteiger partial charge in [0.1, 0.15) is 6.73 Å². The summed E-state index contributed by atoms with van der Waals surface area (Å²) in [5, 5.41) is 3.69. The van der Waals surface area contributed by atoms with Crippen molar-refractivity contribution < 1.29 is 4.74 Å². The van der Waals surface area contributed by atoms with Crippen LogP contribution in [0, 0.1) is 0 Å². The van der Waals surface area contributed by atoms with Gasteiger partial charge < -0.3 is 10.5 Å². The molecule has 20 heavy (non-hydrogen) atoms. The zero-order valence-corrected chi connectivity index (χ0v) is 13.9. The van der Waals surface area contributed by atoms with Gasteiger partial charge in [0, 0.05) is 31.0 Å². The topological polar surface area (TPSA) is 96.4 Å². The Kier molecular flexibility index (Phi) is 6.26. The van der Waals surface area contributed by atoms with Crippen LogP contribution in [0.25, 0.3) is 10.4 Å². The van der Waals surface area contributed by atoms with E-state index in [4.69, 9.17) is 16.0 Å². The number of hydrogen-bond acceptors (Lipinski definition) is 4. The Morgan fingerprint density at radius 3 is 2.80 bits per heavy atom. The molecule has 1 unspecified atom stereocenters. The molecule has 7 heteroatoms. The molecule has 6 nitrogen and oxygen atoms in total. The van der Waals surface area contributed by atoms with Crippen LogP contribution in [0.2, 0.25) is 25.7 Å². The van der Waals surface area contributed by atoms with E-state index in [1.165, 1.54) is 0 Å². The molecule has 112 valence electrons. The van der Waals surface area contributed by atoms with E-state index < -0.39 is 8.07 Å². The van der Waals surface area contributed by atoms with Crippen molar-refractivity contribution in [1.29, 1.82) is 0 Å². The van der Waals surface area contributed by atoms with Crippen molar-refractivity contribution in [1.82, 2.24) is 0 Å². The first-order valence-electron chi connectivity index (χ1n) is 6.97. The smallest absolute Gasteiger partial charge is 0.137 e. The minimum Gasteiger partial charge on any atom is -0.401 e. The van der Waals surface area contributed by atoms with Crippen molar-refractivity contribution in [3.8, 4) is 0 Å². The third kappa shape index (κ3) is 5.36. The molecule has 0 aromatic carbocycles. The molecule has 0 saturated heterocycles. The Hall–Kier alpha value is -1.30. The third-order valence-corrected chi connectivity index (χ3v) is 5.10. The van der Waals surface area contributed by atoms with Crippen LogP contribution in [0.15, 0.2) is 21.4 Å². The van der Waals surface area contributed by atoms with Crippen LogP contribution in [-0.2, 0) is 4.74 Å². The lowest BCUT2D eigenvalue weighted by molar-refractivity contribution is 0.155. The maximum Gasteiger partial charge on any atom is 0.137 e. The van der Waals surface area contributed by atoms with Gasteiger partial charge >= 0.3 is 0 Å². The van der Waals surface area contributed by atoms with E-state index in [-0.39, 0.29) is 6.04 Å². The Bertz CT molecular complexity index is 446. The Morgan fingerprint density at radius 1 is 1.50 bits per heavy atom. The summed E-state index contributed by atoms with van der Waals surface area (Å²) in [6.45, 7) is 10.0. The molecule has 1 rings (SSSR count). The number of azide groups is 1. The average molecular weight is 295 g/mol. The lowest BCUT2D eigenvalue weighted by Gasteiger charge is -2.14. The van der Waals surface area contributed by atoms with Crippen molar-refractivity contribution >= 4 is 13.8 Å². The second-order valence-electron chi connectivity index (χ2n) is 6.28. The summed E-state index contributed by atoms with van der Waals surface area (Å²) in [6, 6.07) is 0.929. The molecular weight excluding hydrogens is 270 g/mol. The molecule has 0 heterocycles. The van der Waals surface area contributed by atoms with Crippen molar-refractivity contribution in [3.05, 3.63) is 21.7 Å². The molecule has 0 saturated carbocycles. The molecule has 0 aliphatic heterocycles. The normalized spacial score (nSPS) is 20.2. The van der Waals surface area contributed by atoms with Crippen LogP contribution in [0.4, 0.5) is 0 Å². The van der Waals surface area contributed by atoms with E-state index in [9.17, 15) is 0 Å². The monoisotopic (exact) mass is 295 g/mol. The number of allylic oxidation sites excluding steroid dienone is 1. The molecule has 2 N–H and O–H groups in total. The summed E-state index contributed by atoms with van der Waals surface area (Å²) >= 11 is 0. The minimum atomic E-state index is -1.04. The SMILES string of the molecule is CC(=NCOCC[Si](C)(C)C)C1=C(N)C(N=[N+]=[N-])CC1. The third-order valence-electron chi connectivity index (χ3n) is 3.39. The molecule has 0 spiro atoms. The second kappa shape index (κ2) is 7.47. The number of nitrogens with zero attached hydrogens (tertiary/aromatic N) is 4. The van der Waals surface area contributed by atoms with Gasteiger partial charge in [-0.05, 0) is 36.9 Å². The predicted octanol–water partition coefficient (Wildman–Crippen LogP) is 3.45. The lowest BCUT2D eigenvalue weighted by Crippen LogP contribution is -2.21. The molecule has 0 radical (unpaired) electrons. The van der Waals surface area contributed by atoms with E-state index in [0.717, 1.165) is 36.8 Å². The molecule has 0 fully saturated rings. The van der Waals surface area contributed by atoms with Crippen LogP contribution in [0.1, 0.15) is 19.8 Å². The summed E-state index contributed by atoms with van der Waals surface area (Å²) in [5.74, 6) is 0. The first kappa shape index (κ1) is 16.8. The summed E-state index contributed by atoms with van der Waals surface area (Å²) in [5.41, 5.74) is 17.0. The highest BCUT2D eigenvalue weighted by atomic mass is 28.3. The van der Waals surface area contributed by atoms with E-state index >= 15 is 0 Å². The van der Waals surface area contributed by atoms with Crippen molar-refractivity contribution in [2.24, 2.45) is 15.8 Å². The summed E-state index contributed by atoms with van der Waals surface area (Å²) < 4.78 is 5.55. The molecule has 1 aliphatic carbocycles.